The normalized spacial score (nSPS) is 11.2. The Balaban J connectivity index is 1.69. The summed E-state index contributed by atoms with van der Waals surface area (Å²) in [6.45, 7) is 4.19. The van der Waals surface area contributed by atoms with E-state index in [1.54, 1.807) is 11.8 Å². The molecule has 0 aliphatic rings. The van der Waals surface area contributed by atoms with Gasteiger partial charge in [-0.25, -0.2) is 4.68 Å². The van der Waals surface area contributed by atoms with E-state index >= 15 is 0 Å². The first-order chi connectivity index (χ1) is 13.6. The van der Waals surface area contributed by atoms with Crippen LogP contribution in [0.3, 0.4) is 0 Å². The van der Waals surface area contributed by atoms with Gasteiger partial charge in [0.25, 0.3) is 5.56 Å². The Labute approximate surface area is 167 Å². The van der Waals surface area contributed by atoms with Crippen LogP contribution < -0.4 is 5.56 Å². The summed E-state index contributed by atoms with van der Waals surface area (Å²) in [7, 11) is 0. The van der Waals surface area contributed by atoms with Gasteiger partial charge in [0.2, 0.25) is 0 Å². The summed E-state index contributed by atoms with van der Waals surface area (Å²) in [5.74, 6) is 1.49. The SMILES string of the molecule is CCc1nn(Cc2cc(C)no2)c(=O)c2cc(SCc3ccccc3)ccc12. The fourth-order valence-electron chi connectivity index (χ4n) is 3.17. The van der Waals surface area contributed by atoms with Crippen molar-refractivity contribution < 1.29 is 4.52 Å². The molecule has 0 aliphatic carbocycles. The van der Waals surface area contributed by atoms with Gasteiger partial charge < -0.3 is 4.52 Å². The molecule has 0 radical (unpaired) electrons. The van der Waals surface area contributed by atoms with E-state index in [4.69, 9.17) is 4.52 Å². The number of thioether (sulfide) groups is 1. The Morgan fingerprint density at radius 3 is 2.61 bits per heavy atom. The number of nitrogens with zero attached hydrogens (tertiary/aromatic N) is 3. The molecule has 142 valence electrons. The lowest BCUT2D eigenvalue weighted by atomic mass is 10.1. The van der Waals surface area contributed by atoms with Crippen molar-refractivity contribution in [3.8, 4) is 0 Å². The van der Waals surface area contributed by atoms with E-state index in [9.17, 15) is 4.79 Å². The fourth-order valence-corrected chi connectivity index (χ4v) is 4.06. The van der Waals surface area contributed by atoms with Crippen LogP contribution in [-0.4, -0.2) is 14.9 Å². The number of rotatable bonds is 6. The first-order valence-electron chi connectivity index (χ1n) is 9.26. The first-order valence-corrected chi connectivity index (χ1v) is 10.3. The molecule has 2 aromatic carbocycles. The second-order valence-corrected chi connectivity index (χ2v) is 7.73. The van der Waals surface area contributed by atoms with Crippen LogP contribution in [0.5, 0.6) is 0 Å². The molecule has 0 spiro atoms. The number of benzene rings is 2. The molecular weight excluding hydrogens is 370 g/mol. The standard InChI is InChI=1S/C22H21N3O2S/c1-3-21-19-10-9-18(28-14-16-7-5-4-6-8-16)12-20(19)22(26)25(23-21)13-17-11-15(2)24-27-17/h4-12H,3,13-14H2,1-2H3. The summed E-state index contributed by atoms with van der Waals surface area (Å²) in [5.41, 5.74) is 2.85. The largest absolute Gasteiger partial charge is 0.359 e. The lowest BCUT2D eigenvalue weighted by Gasteiger charge is -2.10. The van der Waals surface area contributed by atoms with Gasteiger partial charge >= 0.3 is 0 Å². The maximum Gasteiger partial charge on any atom is 0.275 e. The van der Waals surface area contributed by atoms with Crippen molar-refractivity contribution in [1.29, 1.82) is 0 Å². The molecule has 0 aliphatic heterocycles. The minimum absolute atomic E-state index is 0.108. The van der Waals surface area contributed by atoms with Crippen molar-refractivity contribution in [2.45, 2.75) is 37.5 Å². The summed E-state index contributed by atoms with van der Waals surface area (Å²) >= 11 is 1.73. The zero-order valence-corrected chi connectivity index (χ0v) is 16.7. The molecule has 4 rings (SSSR count). The van der Waals surface area contributed by atoms with Gasteiger partial charge in [-0.2, -0.15) is 5.10 Å². The van der Waals surface area contributed by atoms with E-state index in [2.05, 4.69) is 28.5 Å². The highest BCUT2D eigenvalue weighted by Gasteiger charge is 2.12. The van der Waals surface area contributed by atoms with Crippen LogP contribution in [0.1, 0.15) is 29.6 Å². The zero-order valence-electron chi connectivity index (χ0n) is 15.9. The predicted octanol–water partition coefficient (Wildman–Crippen LogP) is 4.60. The quantitative estimate of drug-likeness (QED) is 0.450. The van der Waals surface area contributed by atoms with Gasteiger partial charge in [0.15, 0.2) is 5.76 Å². The van der Waals surface area contributed by atoms with Crippen LogP contribution in [0, 0.1) is 6.92 Å². The molecule has 4 aromatic rings. The molecule has 0 atom stereocenters. The maximum atomic E-state index is 13.1. The molecule has 6 heteroatoms. The van der Waals surface area contributed by atoms with Crippen LogP contribution in [0.25, 0.3) is 10.8 Å². The van der Waals surface area contributed by atoms with Gasteiger partial charge in [-0.05, 0) is 31.0 Å². The third kappa shape index (κ3) is 3.87. The highest BCUT2D eigenvalue weighted by atomic mass is 32.2. The Morgan fingerprint density at radius 2 is 1.89 bits per heavy atom. The Hall–Kier alpha value is -2.86. The smallest absolute Gasteiger partial charge is 0.275 e. The van der Waals surface area contributed by atoms with Crippen LogP contribution in [0.4, 0.5) is 0 Å². The summed E-state index contributed by atoms with van der Waals surface area (Å²) < 4.78 is 6.75. The van der Waals surface area contributed by atoms with Crippen molar-refractivity contribution in [1.82, 2.24) is 14.9 Å². The number of fused-ring (bicyclic) bond motifs is 1. The molecule has 0 N–H and O–H groups in total. The Kier molecular flexibility index (Phi) is 5.30. The Morgan fingerprint density at radius 1 is 1.07 bits per heavy atom. The molecule has 0 amide bonds. The molecule has 5 nitrogen and oxygen atoms in total. The average molecular weight is 391 g/mol. The van der Waals surface area contributed by atoms with E-state index < -0.39 is 0 Å². The van der Waals surface area contributed by atoms with Crippen LogP contribution in [-0.2, 0) is 18.7 Å². The van der Waals surface area contributed by atoms with E-state index in [-0.39, 0.29) is 12.1 Å². The van der Waals surface area contributed by atoms with E-state index in [1.807, 2.05) is 50.2 Å². The van der Waals surface area contributed by atoms with E-state index in [0.29, 0.717) is 11.1 Å². The third-order valence-electron chi connectivity index (χ3n) is 4.57. The first kappa shape index (κ1) is 18.5. The van der Waals surface area contributed by atoms with Gasteiger partial charge in [0.05, 0.1) is 16.8 Å². The lowest BCUT2D eigenvalue weighted by molar-refractivity contribution is 0.365. The minimum atomic E-state index is -0.108. The summed E-state index contributed by atoms with van der Waals surface area (Å²) in [6, 6.07) is 18.2. The topological polar surface area (TPSA) is 60.9 Å². The second kappa shape index (κ2) is 8.02. The summed E-state index contributed by atoms with van der Waals surface area (Å²) in [6.07, 6.45) is 0.753. The molecule has 2 aromatic heterocycles. The van der Waals surface area contributed by atoms with Gasteiger partial charge in [0.1, 0.15) is 6.54 Å². The van der Waals surface area contributed by atoms with Gasteiger partial charge in [-0.3, -0.25) is 4.79 Å². The molecule has 0 bridgehead atoms. The van der Waals surface area contributed by atoms with Crippen molar-refractivity contribution in [3.05, 3.63) is 87.7 Å². The highest BCUT2D eigenvalue weighted by molar-refractivity contribution is 7.98. The molecular formula is C22H21N3O2S. The lowest BCUT2D eigenvalue weighted by Crippen LogP contribution is -2.25. The summed E-state index contributed by atoms with van der Waals surface area (Å²) in [5, 5.41) is 10.1. The number of hydrogen-bond donors (Lipinski definition) is 0. The molecule has 0 saturated heterocycles. The van der Waals surface area contributed by atoms with E-state index in [1.165, 1.54) is 10.2 Å². The number of aryl methyl sites for hydroxylation is 2. The molecule has 0 unspecified atom stereocenters. The van der Waals surface area contributed by atoms with E-state index in [0.717, 1.165) is 33.8 Å². The van der Waals surface area contributed by atoms with Crippen molar-refractivity contribution in [2.24, 2.45) is 0 Å². The highest BCUT2D eigenvalue weighted by Crippen LogP contribution is 2.26. The van der Waals surface area contributed by atoms with Gasteiger partial charge in [0, 0.05) is 22.1 Å². The monoisotopic (exact) mass is 391 g/mol. The molecule has 0 saturated carbocycles. The van der Waals surface area contributed by atoms with Gasteiger partial charge in [-0.15, -0.1) is 11.8 Å². The molecule has 0 fully saturated rings. The van der Waals surface area contributed by atoms with Crippen LogP contribution >= 0.6 is 11.8 Å². The van der Waals surface area contributed by atoms with Gasteiger partial charge in [-0.1, -0.05) is 48.5 Å². The van der Waals surface area contributed by atoms with Crippen molar-refractivity contribution in [2.75, 3.05) is 0 Å². The second-order valence-electron chi connectivity index (χ2n) is 6.68. The van der Waals surface area contributed by atoms with Crippen LogP contribution in [0.2, 0.25) is 0 Å². The third-order valence-corrected chi connectivity index (χ3v) is 5.64. The Bertz CT molecular complexity index is 1170. The predicted molar refractivity (Wildman–Crippen MR) is 112 cm³/mol. The molecule has 28 heavy (non-hydrogen) atoms. The summed E-state index contributed by atoms with van der Waals surface area (Å²) in [4.78, 5) is 14.1. The minimum Gasteiger partial charge on any atom is -0.359 e. The number of hydrogen-bond acceptors (Lipinski definition) is 5. The van der Waals surface area contributed by atoms with Crippen molar-refractivity contribution >= 4 is 22.5 Å². The average Bonchev–Trinajstić information content (AvgIpc) is 3.14. The van der Waals surface area contributed by atoms with Crippen molar-refractivity contribution in [3.63, 3.8) is 0 Å². The zero-order chi connectivity index (χ0) is 19.5. The van der Waals surface area contributed by atoms with Crippen LogP contribution in [0.15, 0.2) is 68.8 Å². The fraction of sp³-hybridized carbons (Fsp3) is 0.227. The number of aromatic nitrogens is 3. The molecule has 2 heterocycles. The maximum absolute atomic E-state index is 13.1.